The standard InChI is InChI=1S/C22H19Cl3F3N3O2/c1-13-8-19(22(26,27)28)30-31(13)7-3-6-29-21(32)15-5-2-4-14(9-15)12-33-20-17(24)10-16(23)11-18(20)25/h2,4-5,8-11H,3,6-7,12H2,1H3,(H,29,32). The zero-order valence-electron chi connectivity index (χ0n) is 17.3. The number of aryl methyl sites for hydroxylation is 2. The number of nitrogens with zero attached hydrogens (tertiary/aromatic N) is 2. The summed E-state index contributed by atoms with van der Waals surface area (Å²) in [6.07, 6.45) is -4.06. The fourth-order valence-corrected chi connectivity index (χ4v) is 3.96. The van der Waals surface area contributed by atoms with Crippen LogP contribution in [0.5, 0.6) is 5.75 Å². The maximum absolute atomic E-state index is 12.7. The Bertz CT molecular complexity index is 1130. The number of nitrogens with one attached hydrogen (secondary N) is 1. The third kappa shape index (κ3) is 6.79. The summed E-state index contributed by atoms with van der Waals surface area (Å²) < 4.78 is 45.2. The molecule has 3 rings (SSSR count). The minimum Gasteiger partial charge on any atom is -0.486 e. The Labute approximate surface area is 203 Å². The average Bonchev–Trinajstić information content (AvgIpc) is 3.11. The lowest BCUT2D eigenvalue weighted by Crippen LogP contribution is -2.25. The number of alkyl halides is 3. The second-order valence-electron chi connectivity index (χ2n) is 7.19. The monoisotopic (exact) mass is 519 g/mol. The van der Waals surface area contributed by atoms with E-state index in [2.05, 4.69) is 10.4 Å². The predicted molar refractivity (Wildman–Crippen MR) is 121 cm³/mol. The molecule has 176 valence electrons. The molecule has 2 aromatic carbocycles. The van der Waals surface area contributed by atoms with Crippen LogP contribution in [0.4, 0.5) is 13.2 Å². The number of hydrogen-bond donors (Lipinski definition) is 1. The van der Waals surface area contributed by atoms with Crippen molar-refractivity contribution < 1.29 is 22.7 Å². The van der Waals surface area contributed by atoms with Gasteiger partial charge in [-0.25, -0.2) is 0 Å². The van der Waals surface area contributed by atoms with Crippen LogP contribution in [0.3, 0.4) is 0 Å². The van der Waals surface area contributed by atoms with Gasteiger partial charge in [-0.15, -0.1) is 0 Å². The highest BCUT2D eigenvalue weighted by Crippen LogP contribution is 2.36. The second-order valence-corrected chi connectivity index (χ2v) is 8.44. The SMILES string of the molecule is Cc1cc(C(F)(F)F)nn1CCCNC(=O)c1cccc(COc2c(Cl)cc(Cl)cc2Cl)c1. The first-order valence-corrected chi connectivity index (χ1v) is 10.9. The van der Waals surface area contributed by atoms with Gasteiger partial charge in [0.15, 0.2) is 11.4 Å². The third-order valence-electron chi connectivity index (χ3n) is 4.64. The molecule has 11 heteroatoms. The zero-order valence-corrected chi connectivity index (χ0v) is 19.6. The Kier molecular flexibility index (Phi) is 8.15. The summed E-state index contributed by atoms with van der Waals surface area (Å²) in [5.41, 5.74) is 0.613. The number of rotatable bonds is 8. The van der Waals surface area contributed by atoms with E-state index >= 15 is 0 Å². The molecule has 33 heavy (non-hydrogen) atoms. The Morgan fingerprint density at radius 1 is 1.12 bits per heavy atom. The van der Waals surface area contributed by atoms with E-state index in [0.29, 0.717) is 28.5 Å². The van der Waals surface area contributed by atoms with Gasteiger partial charge < -0.3 is 10.1 Å². The Morgan fingerprint density at radius 3 is 2.45 bits per heavy atom. The number of halogens is 6. The van der Waals surface area contributed by atoms with E-state index < -0.39 is 11.9 Å². The van der Waals surface area contributed by atoms with Crippen molar-refractivity contribution in [3.05, 3.63) is 80.0 Å². The zero-order chi connectivity index (χ0) is 24.2. The first kappa shape index (κ1) is 25.2. The van der Waals surface area contributed by atoms with Gasteiger partial charge in [0, 0.05) is 29.4 Å². The van der Waals surface area contributed by atoms with Crippen molar-refractivity contribution in [2.24, 2.45) is 0 Å². The summed E-state index contributed by atoms with van der Waals surface area (Å²) in [5, 5.41) is 7.26. The van der Waals surface area contributed by atoms with Crippen LogP contribution in [-0.2, 0) is 19.3 Å². The fraction of sp³-hybridized carbons (Fsp3) is 0.273. The molecule has 0 aliphatic carbocycles. The second kappa shape index (κ2) is 10.7. The highest BCUT2D eigenvalue weighted by molar-refractivity contribution is 6.40. The number of carbonyl (C=O) groups is 1. The molecule has 3 aromatic rings. The van der Waals surface area contributed by atoms with E-state index in [9.17, 15) is 18.0 Å². The molecule has 0 saturated carbocycles. The molecule has 0 bridgehead atoms. The van der Waals surface area contributed by atoms with Crippen LogP contribution in [0.25, 0.3) is 0 Å². The highest BCUT2D eigenvalue weighted by atomic mass is 35.5. The summed E-state index contributed by atoms with van der Waals surface area (Å²) in [6.45, 7) is 2.20. The molecule has 1 N–H and O–H groups in total. The van der Waals surface area contributed by atoms with Gasteiger partial charge >= 0.3 is 6.18 Å². The van der Waals surface area contributed by atoms with E-state index in [1.54, 1.807) is 31.2 Å². The molecule has 0 unspecified atom stereocenters. The number of carbonyl (C=O) groups excluding carboxylic acids is 1. The van der Waals surface area contributed by atoms with E-state index in [1.165, 1.54) is 16.8 Å². The molecule has 0 atom stereocenters. The molecule has 0 aliphatic rings. The maximum Gasteiger partial charge on any atom is 0.435 e. The van der Waals surface area contributed by atoms with Crippen LogP contribution in [-0.4, -0.2) is 22.2 Å². The lowest BCUT2D eigenvalue weighted by Gasteiger charge is -2.11. The Morgan fingerprint density at radius 2 is 1.82 bits per heavy atom. The minimum atomic E-state index is -4.48. The van der Waals surface area contributed by atoms with Crippen molar-refractivity contribution >= 4 is 40.7 Å². The summed E-state index contributed by atoms with van der Waals surface area (Å²) in [7, 11) is 0. The van der Waals surface area contributed by atoms with Gasteiger partial charge in [-0.05, 0) is 49.2 Å². The summed E-state index contributed by atoms with van der Waals surface area (Å²) in [5.74, 6) is -0.0206. The van der Waals surface area contributed by atoms with E-state index in [1.807, 2.05) is 0 Å². The summed E-state index contributed by atoms with van der Waals surface area (Å²) in [6, 6.07) is 10.8. The van der Waals surface area contributed by atoms with Gasteiger partial charge in [-0.3, -0.25) is 9.48 Å². The third-order valence-corrected chi connectivity index (χ3v) is 5.42. The van der Waals surface area contributed by atoms with Gasteiger partial charge in [0.25, 0.3) is 5.91 Å². The van der Waals surface area contributed by atoms with E-state index in [-0.39, 0.29) is 35.6 Å². The van der Waals surface area contributed by atoms with Gasteiger partial charge in [0.1, 0.15) is 6.61 Å². The number of ether oxygens (including phenoxy) is 1. The van der Waals surface area contributed by atoms with Gasteiger partial charge in [-0.2, -0.15) is 18.3 Å². The number of hydrogen-bond acceptors (Lipinski definition) is 3. The quantitative estimate of drug-likeness (QED) is 0.342. The van der Waals surface area contributed by atoms with Gasteiger partial charge in [0.05, 0.1) is 10.0 Å². The summed E-state index contributed by atoms with van der Waals surface area (Å²) in [4.78, 5) is 12.5. The first-order chi connectivity index (χ1) is 15.5. The molecule has 0 aliphatic heterocycles. The fourth-order valence-electron chi connectivity index (χ4n) is 3.03. The van der Waals surface area contributed by atoms with Gasteiger partial charge in [-0.1, -0.05) is 46.9 Å². The van der Waals surface area contributed by atoms with Crippen molar-refractivity contribution in [1.82, 2.24) is 15.1 Å². The minimum absolute atomic E-state index is 0.127. The Balaban J connectivity index is 1.52. The molecule has 1 heterocycles. The lowest BCUT2D eigenvalue weighted by atomic mass is 10.1. The van der Waals surface area contributed by atoms with E-state index in [0.717, 1.165) is 11.6 Å². The first-order valence-electron chi connectivity index (χ1n) is 9.80. The average molecular weight is 521 g/mol. The highest BCUT2D eigenvalue weighted by Gasteiger charge is 2.34. The largest absolute Gasteiger partial charge is 0.486 e. The predicted octanol–water partition coefficient (Wildman–Crippen LogP) is 6.57. The van der Waals surface area contributed by atoms with Crippen LogP contribution in [0.1, 0.15) is 33.7 Å². The van der Waals surface area contributed by atoms with Crippen molar-refractivity contribution in [1.29, 1.82) is 0 Å². The number of benzene rings is 2. The van der Waals surface area contributed by atoms with Gasteiger partial charge in [0.2, 0.25) is 0 Å². The number of amides is 1. The van der Waals surface area contributed by atoms with Crippen LogP contribution >= 0.6 is 34.8 Å². The van der Waals surface area contributed by atoms with Crippen LogP contribution in [0, 0.1) is 6.92 Å². The lowest BCUT2D eigenvalue weighted by molar-refractivity contribution is -0.141. The maximum atomic E-state index is 12.7. The van der Waals surface area contributed by atoms with Crippen molar-refractivity contribution in [3.63, 3.8) is 0 Å². The van der Waals surface area contributed by atoms with Crippen molar-refractivity contribution in [2.45, 2.75) is 32.7 Å². The molecule has 1 amide bonds. The van der Waals surface area contributed by atoms with E-state index in [4.69, 9.17) is 39.5 Å². The molecule has 0 spiro atoms. The summed E-state index contributed by atoms with van der Waals surface area (Å²) >= 11 is 18.1. The molecular weight excluding hydrogens is 502 g/mol. The molecule has 0 fully saturated rings. The Hall–Kier alpha value is -2.42. The van der Waals surface area contributed by atoms with Crippen molar-refractivity contribution in [3.8, 4) is 5.75 Å². The van der Waals surface area contributed by atoms with Crippen LogP contribution in [0.15, 0.2) is 42.5 Å². The molecular formula is C22H19Cl3F3N3O2. The molecule has 5 nitrogen and oxygen atoms in total. The smallest absolute Gasteiger partial charge is 0.435 e. The molecule has 0 saturated heterocycles. The molecule has 0 radical (unpaired) electrons. The van der Waals surface area contributed by atoms with Crippen LogP contribution < -0.4 is 10.1 Å². The topological polar surface area (TPSA) is 56.2 Å². The normalized spacial score (nSPS) is 11.5. The van der Waals surface area contributed by atoms with Crippen LogP contribution in [0.2, 0.25) is 15.1 Å². The molecule has 1 aromatic heterocycles. The number of aromatic nitrogens is 2. The van der Waals surface area contributed by atoms with Crippen molar-refractivity contribution in [2.75, 3.05) is 6.54 Å².